The number of nitrogens with zero attached hydrogens (tertiary/aromatic N) is 1. The number of rotatable bonds is 6. The van der Waals surface area contributed by atoms with Crippen molar-refractivity contribution in [3.8, 4) is 0 Å². The van der Waals surface area contributed by atoms with Crippen LogP contribution in [0.5, 0.6) is 0 Å². The highest BCUT2D eigenvalue weighted by Gasteiger charge is 2.26. The number of halogens is 1. The van der Waals surface area contributed by atoms with E-state index in [-0.39, 0.29) is 17.6 Å². The zero-order chi connectivity index (χ0) is 14.7. The van der Waals surface area contributed by atoms with Crippen molar-refractivity contribution >= 4 is 27.5 Å². The summed E-state index contributed by atoms with van der Waals surface area (Å²) in [7, 11) is 0. The number of non-ortho nitro benzene ring substituents is 1. The van der Waals surface area contributed by atoms with Gasteiger partial charge in [0.2, 0.25) is 0 Å². The van der Waals surface area contributed by atoms with Crippen molar-refractivity contribution in [3.05, 3.63) is 38.3 Å². The Morgan fingerprint density at radius 3 is 2.80 bits per heavy atom. The molecule has 1 fully saturated rings. The molecule has 0 saturated heterocycles. The second kappa shape index (κ2) is 6.35. The quantitative estimate of drug-likeness (QED) is 0.634. The molecule has 20 heavy (non-hydrogen) atoms. The molecule has 0 aliphatic heterocycles. The third-order valence-corrected chi connectivity index (χ3v) is 4.24. The van der Waals surface area contributed by atoms with Crippen LogP contribution in [0.3, 0.4) is 0 Å². The molecule has 1 aromatic rings. The van der Waals surface area contributed by atoms with Crippen LogP contribution in [0.25, 0.3) is 0 Å². The van der Waals surface area contributed by atoms with Gasteiger partial charge in [0.15, 0.2) is 0 Å². The van der Waals surface area contributed by atoms with Gasteiger partial charge in [-0.05, 0) is 40.8 Å². The molecule has 0 aromatic heterocycles. The lowest BCUT2D eigenvalue weighted by molar-refractivity contribution is -0.384. The first kappa shape index (κ1) is 15.0. The van der Waals surface area contributed by atoms with Crippen LogP contribution < -0.4 is 5.32 Å². The van der Waals surface area contributed by atoms with Crippen LogP contribution in [-0.2, 0) is 0 Å². The van der Waals surface area contributed by atoms with E-state index in [9.17, 15) is 14.9 Å². The first-order valence-corrected chi connectivity index (χ1v) is 7.55. The largest absolute Gasteiger partial charge is 0.349 e. The lowest BCUT2D eigenvalue weighted by Crippen LogP contribution is -2.35. The highest BCUT2D eigenvalue weighted by atomic mass is 79.9. The molecule has 108 valence electrons. The van der Waals surface area contributed by atoms with Crippen molar-refractivity contribution in [2.75, 3.05) is 0 Å². The van der Waals surface area contributed by atoms with Gasteiger partial charge >= 0.3 is 0 Å². The maximum atomic E-state index is 12.2. The molecule has 2 rings (SSSR count). The minimum Gasteiger partial charge on any atom is -0.349 e. The number of nitro groups is 1. The number of carbonyl (C=O) groups excluding carboxylic acids is 1. The number of benzene rings is 1. The first-order valence-electron chi connectivity index (χ1n) is 6.76. The molecule has 0 spiro atoms. The fourth-order valence-corrected chi connectivity index (χ4v) is 2.57. The number of nitro benzene ring substituents is 1. The number of hydrogen-bond acceptors (Lipinski definition) is 3. The lowest BCUT2D eigenvalue weighted by atomic mass is 10.1. The SMILES string of the molecule is CCC(CC1CC1)NC(=O)c1cc([N+](=O)[O-])ccc1Br. The van der Waals surface area contributed by atoms with Gasteiger partial charge in [-0.3, -0.25) is 14.9 Å². The Balaban J connectivity index is 2.10. The summed E-state index contributed by atoms with van der Waals surface area (Å²) in [6, 6.07) is 4.36. The van der Waals surface area contributed by atoms with E-state index in [1.165, 1.54) is 31.0 Å². The molecule has 1 amide bonds. The molecule has 0 heterocycles. The minimum atomic E-state index is -0.495. The zero-order valence-corrected chi connectivity index (χ0v) is 12.9. The van der Waals surface area contributed by atoms with Crippen LogP contribution in [0, 0.1) is 16.0 Å². The molecule has 5 nitrogen and oxygen atoms in total. The average Bonchev–Trinajstić information content (AvgIpc) is 3.21. The fraction of sp³-hybridized carbons (Fsp3) is 0.500. The molecule has 1 aliphatic carbocycles. The summed E-state index contributed by atoms with van der Waals surface area (Å²) in [5.41, 5.74) is 0.238. The van der Waals surface area contributed by atoms with E-state index < -0.39 is 4.92 Å². The Bertz CT molecular complexity index is 529. The highest BCUT2D eigenvalue weighted by Crippen LogP contribution is 2.34. The predicted octanol–water partition coefficient (Wildman–Crippen LogP) is 3.67. The lowest BCUT2D eigenvalue weighted by Gasteiger charge is -2.17. The monoisotopic (exact) mass is 340 g/mol. The molecule has 1 saturated carbocycles. The van der Waals surface area contributed by atoms with Crippen molar-refractivity contribution in [2.24, 2.45) is 5.92 Å². The van der Waals surface area contributed by atoms with Crippen molar-refractivity contribution in [1.82, 2.24) is 5.32 Å². The van der Waals surface area contributed by atoms with E-state index in [0.29, 0.717) is 10.0 Å². The number of amides is 1. The second-order valence-electron chi connectivity index (χ2n) is 5.18. The van der Waals surface area contributed by atoms with Crippen molar-refractivity contribution in [1.29, 1.82) is 0 Å². The summed E-state index contributed by atoms with van der Waals surface area (Å²) in [4.78, 5) is 22.5. The Morgan fingerprint density at radius 1 is 1.55 bits per heavy atom. The van der Waals surface area contributed by atoms with Gasteiger partial charge in [0.05, 0.1) is 10.5 Å². The maximum Gasteiger partial charge on any atom is 0.270 e. The van der Waals surface area contributed by atoms with E-state index in [0.717, 1.165) is 18.8 Å². The molecular formula is C14H17BrN2O3. The molecule has 1 N–H and O–H groups in total. The smallest absolute Gasteiger partial charge is 0.270 e. The van der Waals surface area contributed by atoms with E-state index in [1.807, 2.05) is 6.92 Å². The van der Waals surface area contributed by atoms with Gasteiger partial charge in [-0.15, -0.1) is 0 Å². The Hall–Kier alpha value is -1.43. The number of hydrogen-bond donors (Lipinski definition) is 1. The van der Waals surface area contributed by atoms with Gasteiger partial charge in [-0.2, -0.15) is 0 Å². The van der Waals surface area contributed by atoms with Crippen LogP contribution >= 0.6 is 15.9 Å². The summed E-state index contributed by atoms with van der Waals surface area (Å²) in [5.74, 6) is 0.474. The molecule has 6 heteroatoms. The zero-order valence-electron chi connectivity index (χ0n) is 11.3. The molecule has 1 unspecified atom stereocenters. The van der Waals surface area contributed by atoms with Crippen LogP contribution in [0.15, 0.2) is 22.7 Å². The van der Waals surface area contributed by atoms with Crippen molar-refractivity contribution in [3.63, 3.8) is 0 Å². The topological polar surface area (TPSA) is 72.2 Å². The molecule has 1 aromatic carbocycles. The van der Waals surface area contributed by atoms with Gasteiger partial charge in [0.25, 0.3) is 11.6 Å². The third-order valence-electron chi connectivity index (χ3n) is 3.55. The van der Waals surface area contributed by atoms with Gasteiger partial charge in [0, 0.05) is 22.6 Å². The summed E-state index contributed by atoms with van der Waals surface area (Å²) >= 11 is 3.27. The Labute approximate surface area is 126 Å². The molecule has 1 aliphatic rings. The second-order valence-corrected chi connectivity index (χ2v) is 6.03. The van der Waals surface area contributed by atoms with E-state index in [2.05, 4.69) is 21.2 Å². The average molecular weight is 341 g/mol. The highest BCUT2D eigenvalue weighted by molar-refractivity contribution is 9.10. The van der Waals surface area contributed by atoms with Crippen molar-refractivity contribution < 1.29 is 9.72 Å². The Morgan fingerprint density at radius 2 is 2.25 bits per heavy atom. The van der Waals surface area contributed by atoms with Gasteiger partial charge in [-0.25, -0.2) is 0 Å². The third kappa shape index (κ3) is 3.79. The van der Waals surface area contributed by atoms with Gasteiger partial charge in [-0.1, -0.05) is 19.8 Å². The minimum absolute atomic E-state index is 0.0754. The van der Waals surface area contributed by atoms with Crippen LogP contribution in [0.2, 0.25) is 0 Å². The van der Waals surface area contributed by atoms with E-state index in [1.54, 1.807) is 0 Å². The van der Waals surface area contributed by atoms with Crippen molar-refractivity contribution in [2.45, 2.75) is 38.6 Å². The number of nitrogens with one attached hydrogen (secondary N) is 1. The van der Waals surface area contributed by atoms with Crippen LogP contribution in [0.1, 0.15) is 43.0 Å². The molecule has 0 radical (unpaired) electrons. The summed E-state index contributed by atoms with van der Waals surface area (Å²) in [5, 5.41) is 13.7. The van der Waals surface area contributed by atoms with Crippen LogP contribution in [0.4, 0.5) is 5.69 Å². The molecule has 1 atom stereocenters. The van der Waals surface area contributed by atoms with Crippen LogP contribution in [-0.4, -0.2) is 16.9 Å². The standard InChI is InChI=1S/C14H17BrN2O3/c1-2-10(7-9-3-4-9)16-14(18)12-8-11(17(19)20)5-6-13(12)15/h5-6,8-10H,2-4,7H2,1H3,(H,16,18). The first-order chi connectivity index (χ1) is 9.51. The summed E-state index contributed by atoms with van der Waals surface area (Å²) < 4.78 is 0.571. The van der Waals surface area contributed by atoms with E-state index >= 15 is 0 Å². The van der Waals surface area contributed by atoms with E-state index in [4.69, 9.17) is 0 Å². The molecule has 0 bridgehead atoms. The van der Waals surface area contributed by atoms with Gasteiger partial charge < -0.3 is 5.32 Å². The van der Waals surface area contributed by atoms with Gasteiger partial charge in [0.1, 0.15) is 0 Å². The predicted molar refractivity (Wildman–Crippen MR) is 79.7 cm³/mol. The summed E-state index contributed by atoms with van der Waals surface area (Å²) in [6.07, 6.45) is 4.35. The summed E-state index contributed by atoms with van der Waals surface area (Å²) in [6.45, 7) is 2.04. The molecular weight excluding hydrogens is 324 g/mol. The maximum absolute atomic E-state index is 12.2. The Kier molecular flexibility index (Phi) is 4.75. The number of carbonyl (C=O) groups is 1. The normalized spacial score (nSPS) is 15.7. The fourth-order valence-electron chi connectivity index (χ4n) is 2.15.